The molecular formula is C51H40O6Sn. The fraction of sp³-hybridized carbons (Fsp3) is 0.118. The van der Waals surface area contributed by atoms with Crippen LogP contribution in [0.25, 0.3) is 64.6 Å². The van der Waals surface area contributed by atoms with Gasteiger partial charge in [0.2, 0.25) is 0 Å². The second-order valence-corrected chi connectivity index (χ2v) is 21.8. The molecule has 0 N–H and O–H groups in total. The maximum atomic E-state index is 15.1. The molecule has 0 unspecified atom stereocenters. The van der Waals surface area contributed by atoms with Crippen molar-refractivity contribution in [2.24, 2.45) is 0 Å². The molecule has 0 aliphatic rings. The summed E-state index contributed by atoms with van der Waals surface area (Å²) in [5.41, 5.74) is 1.00. The first-order valence-electron chi connectivity index (χ1n) is 19.8. The normalized spacial score (nSPS) is 11.7. The van der Waals surface area contributed by atoms with E-state index in [2.05, 4.69) is 6.92 Å². The van der Waals surface area contributed by atoms with E-state index in [1.54, 1.807) is 0 Å². The quantitative estimate of drug-likeness (QED) is 0.0732. The molecule has 0 fully saturated rings. The number of carbonyl (C=O) groups excluding carboxylic acids is 3. The number of unbranched alkanes of at least 4 members (excludes halogenated alkanes) is 3. The minimum absolute atomic E-state index is 0.117. The van der Waals surface area contributed by atoms with Gasteiger partial charge in [0, 0.05) is 0 Å². The van der Waals surface area contributed by atoms with Gasteiger partial charge in [-0.05, 0) is 0 Å². The van der Waals surface area contributed by atoms with Gasteiger partial charge in [0.05, 0.1) is 0 Å². The molecule has 0 amide bonds. The summed E-state index contributed by atoms with van der Waals surface area (Å²) in [7, 11) is 0. The molecule has 0 saturated carbocycles. The first kappa shape index (κ1) is 37.3. The summed E-state index contributed by atoms with van der Waals surface area (Å²) in [5, 5.41) is 9.28. The van der Waals surface area contributed by atoms with Crippen LogP contribution in [0.15, 0.2) is 164 Å². The third kappa shape index (κ3) is 7.02. The number of hydrogen-bond donors (Lipinski definition) is 0. The van der Waals surface area contributed by atoms with Gasteiger partial charge < -0.3 is 0 Å². The number of carbonyl (C=O) groups is 3. The molecule has 6 nitrogen and oxygen atoms in total. The van der Waals surface area contributed by atoms with Crippen LogP contribution in [0.4, 0.5) is 0 Å². The summed E-state index contributed by atoms with van der Waals surface area (Å²) >= 11 is -5.78. The Morgan fingerprint density at radius 2 is 0.638 bits per heavy atom. The summed E-state index contributed by atoms with van der Waals surface area (Å²) in [6, 6.07) is 52.0. The molecule has 0 radical (unpaired) electrons. The van der Waals surface area contributed by atoms with E-state index in [1.807, 2.05) is 164 Å². The van der Waals surface area contributed by atoms with Crippen molar-refractivity contribution in [2.45, 2.75) is 37.0 Å². The van der Waals surface area contributed by atoms with Crippen molar-refractivity contribution in [3.8, 4) is 0 Å². The average molecular weight is 868 g/mol. The summed E-state index contributed by atoms with van der Waals surface area (Å²) < 4.78 is 20.3. The van der Waals surface area contributed by atoms with Crippen LogP contribution in [0.3, 0.4) is 0 Å². The molecule has 0 saturated heterocycles. The molecule has 7 heteroatoms. The molecular weight excluding hydrogens is 827 g/mol. The van der Waals surface area contributed by atoms with Gasteiger partial charge in [0.1, 0.15) is 0 Å². The molecule has 0 aliphatic carbocycles. The third-order valence-electron chi connectivity index (χ3n) is 11.0. The van der Waals surface area contributed by atoms with Crippen molar-refractivity contribution < 1.29 is 23.6 Å². The van der Waals surface area contributed by atoms with Crippen molar-refractivity contribution in [1.29, 1.82) is 0 Å². The van der Waals surface area contributed by atoms with E-state index >= 15 is 14.4 Å². The Balaban J connectivity index is 1.24. The van der Waals surface area contributed by atoms with Crippen molar-refractivity contribution in [3.05, 3.63) is 180 Å². The zero-order valence-electron chi connectivity index (χ0n) is 32.1. The van der Waals surface area contributed by atoms with E-state index < -0.39 is 37.5 Å². The van der Waals surface area contributed by atoms with Crippen LogP contribution >= 0.6 is 0 Å². The molecule has 0 spiro atoms. The van der Waals surface area contributed by atoms with Crippen LogP contribution in [-0.2, 0) is 9.22 Å². The topological polar surface area (TPSA) is 78.9 Å². The summed E-state index contributed by atoms with van der Waals surface area (Å²) in [6.45, 7) is 2.11. The van der Waals surface area contributed by atoms with Gasteiger partial charge in [-0.2, -0.15) is 0 Å². The maximum absolute atomic E-state index is 15.1. The Morgan fingerprint density at radius 3 is 0.897 bits per heavy atom. The molecule has 0 heterocycles. The van der Waals surface area contributed by atoms with Crippen LogP contribution in [0, 0.1) is 0 Å². The van der Waals surface area contributed by atoms with Crippen LogP contribution in [-0.4, -0.2) is 37.5 Å². The molecule has 0 aromatic heterocycles. The van der Waals surface area contributed by atoms with Crippen LogP contribution in [0.5, 0.6) is 0 Å². The molecule has 284 valence electrons. The van der Waals surface area contributed by atoms with Crippen LogP contribution in [0.2, 0.25) is 4.44 Å². The zero-order chi connectivity index (χ0) is 39.6. The monoisotopic (exact) mass is 868 g/mol. The Kier molecular flexibility index (Phi) is 10.3. The minimum atomic E-state index is -5.78. The van der Waals surface area contributed by atoms with Crippen LogP contribution in [0.1, 0.15) is 63.7 Å². The molecule has 9 aromatic rings. The predicted octanol–water partition coefficient (Wildman–Crippen LogP) is 13.0. The predicted molar refractivity (Wildman–Crippen MR) is 235 cm³/mol. The SMILES string of the molecule is CCCCC[CH2][Sn]([O]C(=O)c1c2ccccc2cc2ccccc12)([O]C(=O)c1c2ccccc2cc2ccccc12)[O]C(=O)c1c2ccccc2cc2ccccc12. The standard InChI is InChI=1S/3C15H10O2.C6H13.Sn/c3*16-15(17)14-12-7-3-1-5-10(12)9-11-6-2-4-8-13(11)14;1-3-5-6-4-2;/h3*1-9H,(H,16,17);1,3-6H2,2H3;/q;;;;+3/p-3. The van der Waals surface area contributed by atoms with Gasteiger partial charge in [0.25, 0.3) is 0 Å². The summed E-state index contributed by atoms with van der Waals surface area (Å²) in [5.74, 6) is -2.07. The molecule has 9 rings (SSSR count). The van der Waals surface area contributed by atoms with E-state index in [0.29, 0.717) is 55.4 Å². The zero-order valence-corrected chi connectivity index (χ0v) is 34.9. The molecule has 0 aliphatic heterocycles. The molecule has 58 heavy (non-hydrogen) atoms. The van der Waals surface area contributed by atoms with Gasteiger partial charge >= 0.3 is 343 Å². The molecule has 0 atom stereocenters. The average Bonchev–Trinajstić information content (AvgIpc) is 3.25. The van der Waals surface area contributed by atoms with E-state index in [9.17, 15) is 0 Å². The van der Waals surface area contributed by atoms with E-state index in [1.165, 1.54) is 0 Å². The van der Waals surface area contributed by atoms with Crippen molar-refractivity contribution in [1.82, 2.24) is 0 Å². The van der Waals surface area contributed by atoms with Gasteiger partial charge in [-0.1, -0.05) is 0 Å². The number of benzene rings is 9. The Bertz CT molecular complexity index is 2580. The Morgan fingerprint density at radius 1 is 0.379 bits per heavy atom. The third-order valence-corrected chi connectivity index (χ3v) is 18.0. The van der Waals surface area contributed by atoms with Crippen LogP contribution < -0.4 is 0 Å². The number of fused-ring (bicyclic) bond motifs is 6. The first-order valence-corrected chi connectivity index (χ1v) is 25.4. The summed E-state index contributed by atoms with van der Waals surface area (Å²) in [4.78, 5) is 45.3. The summed E-state index contributed by atoms with van der Waals surface area (Å²) in [6.07, 6.45) is 3.16. The van der Waals surface area contributed by atoms with Gasteiger partial charge in [-0.3, -0.25) is 0 Å². The van der Waals surface area contributed by atoms with E-state index in [0.717, 1.165) is 51.6 Å². The number of hydrogen-bond acceptors (Lipinski definition) is 6. The van der Waals surface area contributed by atoms with E-state index in [4.69, 9.17) is 9.22 Å². The van der Waals surface area contributed by atoms with Gasteiger partial charge in [-0.15, -0.1) is 0 Å². The second-order valence-electron chi connectivity index (χ2n) is 14.7. The Hall–Kier alpha value is -6.25. The molecule has 0 bridgehead atoms. The first-order chi connectivity index (χ1) is 28.4. The van der Waals surface area contributed by atoms with Gasteiger partial charge in [-0.25, -0.2) is 0 Å². The van der Waals surface area contributed by atoms with Crippen molar-refractivity contribution in [2.75, 3.05) is 0 Å². The van der Waals surface area contributed by atoms with Gasteiger partial charge in [0.15, 0.2) is 0 Å². The fourth-order valence-corrected chi connectivity index (χ4v) is 14.7. The van der Waals surface area contributed by atoms with E-state index in [-0.39, 0.29) is 4.44 Å². The Labute approximate surface area is 341 Å². The molecule has 9 aromatic carbocycles. The van der Waals surface area contributed by atoms with Crippen molar-refractivity contribution >= 4 is 102 Å². The number of rotatable bonds is 11. The fourth-order valence-electron chi connectivity index (χ4n) is 8.26. The van der Waals surface area contributed by atoms with Crippen molar-refractivity contribution in [3.63, 3.8) is 0 Å². The second kappa shape index (κ2) is 15.9.